The zero-order valence-electron chi connectivity index (χ0n) is 17.9. The summed E-state index contributed by atoms with van der Waals surface area (Å²) in [6.45, 7) is 12.0. The van der Waals surface area contributed by atoms with Crippen LogP contribution in [0.5, 0.6) is 0 Å². The molecule has 6 nitrogen and oxygen atoms in total. The number of anilines is 2. The molecule has 2 saturated heterocycles. The average Bonchev–Trinajstić information content (AvgIpc) is 3.13. The van der Waals surface area contributed by atoms with Gasteiger partial charge in [-0.1, -0.05) is 25.6 Å². The zero-order valence-corrected chi connectivity index (χ0v) is 19.5. The van der Waals surface area contributed by atoms with Crippen LogP contribution in [0.4, 0.5) is 11.4 Å². The molecule has 160 valence electrons. The Morgan fingerprint density at radius 3 is 2.55 bits per heavy atom. The van der Waals surface area contributed by atoms with Crippen molar-refractivity contribution >= 4 is 44.0 Å². The van der Waals surface area contributed by atoms with Gasteiger partial charge in [0.1, 0.15) is 0 Å². The largest absolute Gasteiger partial charge is 0.372 e. The van der Waals surface area contributed by atoms with Crippen LogP contribution in [-0.4, -0.2) is 55.4 Å². The summed E-state index contributed by atoms with van der Waals surface area (Å²) in [5, 5.41) is 0.559. The summed E-state index contributed by atoms with van der Waals surface area (Å²) in [6.07, 6.45) is 0.735. The summed E-state index contributed by atoms with van der Waals surface area (Å²) in [5.41, 5.74) is 3.14. The van der Waals surface area contributed by atoms with Crippen LogP contribution >= 0.6 is 11.8 Å². The predicted octanol–water partition coefficient (Wildman–Crippen LogP) is 3.49. The van der Waals surface area contributed by atoms with Crippen LogP contribution < -0.4 is 9.80 Å². The molecule has 2 aliphatic heterocycles. The molecule has 3 atom stereocenters. The van der Waals surface area contributed by atoms with E-state index in [4.69, 9.17) is 0 Å². The van der Waals surface area contributed by atoms with E-state index in [9.17, 15) is 13.2 Å². The molecule has 0 aliphatic carbocycles. The van der Waals surface area contributed by atoms with Gasteiger partial charge in [0.25, 0.3) is 5.91 Å². The molecule has 0 aromatic heterocycles. The van der Waals surface area contributed by atoms with Crippen molar-refractivity contribution in [3.63, 3.8) is 0 Å². The van der Waals surface area contributed by atoms with Crippen LogP contribution in [0.1, 0.15) is 39.7 Å². The van der Waals surface area contributed by atoms with Gasteiger partial charge < -0.3 is 9.80 Å². The van der Waals surface area contributed by atoms with Crippen LogP contribution in [0.25, 0.3) is 0 Å². The van der Waals surface area contributed by atoms with E-state index in [-0.39, 0.29) is 34.6 Å². The molecule has 2 fully saturated rings. The smallest absolute Gasteiger partial charge is 0.250 e. The number of hydrogen-bond acceptors (Lipinski definition) is 5. The van der Waals surface area contributed by atoms with E-state index in [0.29, 0.717) is 5.17 Å². The lowest BCUT2D eigenvalue weighted by Crippen LogP contribution is -2.38. The summed E-state index contributed by atoms with van der Waals surface area (Å²) in [4.78, 5) is 21.2. The number of aliphatic imine (C=N–C) groups is 1. The van der Waals surface area contributed by atoms with E-state index in [1.165, 1.54) is 11.8 Å². The minimum absolute atomic E-state index is 0.0784. The summed E-state index contributed by atoms with van der Waals surface area (Å²) in [6, 6.07) is 6.08. The molecule has 0 radical (unpaired) electrons. The Bertz CT molecular complexity index is 910. The Balaban J connectivity index is 2.02. The summed E-state index contributed by atoms with van der Waals surface area (Å²) in [7, 11) is -3.07. The van der Waals surface area contributed by atoms with Gasteiger partial charge in [-0.05, 0) is 51.0 Å². The third kappa shape index (κ3) is 4.48. The maximum Gasteiger partial charge on any atom is 0.250 e. The number of carbonyl (C=O) groups is 1. The lowest BCUT2D eigenvalue weighted by molar-refractivity contribution is -0.121. The van der Waals surface area contributed by atoms with Crippen LogP contribution in [0, 0.1) is 12.8 Å². The van der Waals surface area contributed by atoms with Gasteiger partial charge >= 0.3 is 0 Å². The predicted molar refractivity (Wildman–Crippen MR) is 123 cm³/mol. The van der Waals surface area contributed by atoms with Gasteiger partial charge in [0.15, 0.2) is 15.0 Å². The molecule has 0 spiro atoms. The van der Waals surface area contributed by atoms with Gasteiger partial charge in [0.05, 0.1) is 17.5 Å². The first-order valence-corrected chi connectivity index (χ1v) is 13.0. The number of aryl methyl sites for hydroxylation is 1. The van der Waals surface area contributed by atoms with E-state index in [1.807, 2.05) is 31.7 Å². The lowest BCUT2D eigenvalue weighted by atomic mass is 10.1. The first-order valence-electron chi connectivity index (χ1n) is 10.3. The van der Waals surface area contributed by atoms with Crippen LogP contribution in [0.15, 0.2) is 23.2 Å². The first-order chi connectivity index (χ1) is 13.7. The Morgan fingerprint density at radius 1 is 1.28 bits per heavy atom. The number of carbonyl (C=O) groups excluding carboxylic acids is 1. The molecule has 3 rings (SSSR count). The number of nitrogens with zero attached hydrogens (tertiary/aromatic N) is 3. The van der Waals surface area contributed by atoms with Crippen molar-refractivity contribution in [2.75, 3.05) is 34.4 Å². The molecular formula is C21H31N3O3S2. The van der Waals surface area contributed by atoms with Gasteiger partial charge in [0.2, 0.25) is 0 Å². The topological polar surface area (TPSA) is 70.0 Å². The number of hydrogen-bond donors (Lipinski definition) is 0. The number of fused-ring (bicyclic) bond motifs is 1. The Morgan fingerprint density at radius 2 is 1.97 bits per heavy atom. The number of rotatable bonds is 6. The van der Waals surface area contributed by atoms with Gasteiger partial charge in [0, 0.05) is 35.6 Å². The Labute approximate surface area is 178 Å². The standard InChI is InChI=1S/C21H31N3O3S2/c1-6-14(4)20(25)22-21-24(18-12-29(26,27)13-19(18)28-21)17-10-9-16(11-15(17)5)23(7-2)8-3/h9-11,14,18-19H,6-8,12-13H2,1-5H3/t14-,18+,19+/m1/s1. The van der Waals surface area contributed by atoms with Crippen LogP contribution in [-0.2, 0) is 14.6 Å². The van der Waals surface area contributed by atoms with Gasteiger partial charge in [-0.25, -0.2) is 8.42 Å². The zero-order chi connectivity index (χ0) is 21.3. The molecule has 29 heavy (non-hydrogen) atoms. The minimum atomic E-state index is -3.07. The third-order valence-electron chi connectivity index (χ3n) is 5.87. The summed E-state index contributed by atoms with van der Waals surface area (Å²) in [5.74, 6) is -0.0229. The van der Waals surface area contributed by atoms with Crippen molar-refractivity contribution in [2.45, 2.75) is 52.3 Å². The monoisotopic (exact) mass is 437 g/mol. The van der Waals surface area contributed by atoms with E-state index in [2.05, 4.69) is 35.9 Å². The molecule has 1 amide bonds. The fourth-order valence-electron chi connectivity index (χ4n) is 3.92. The van der Waals surface area contributed by atoms with Crippen molar-refractivity contribution in [1.82, 2.24) is 0 Å². The molecule has 0 saturated carbocycles. The van der Waals surface area contributed by atoms with E-state index in [0.717, 1.165) is 36.4 Å². The maximum atomic E-state index is 12.5. The quantitative estimate of drug-likeness (QED) is 0.679. The highest BCUT2D eigenvalue weighted by Crippen LogP contribution is 2.42. The van der Waals surface area contributed by atoms with E-state index in [1.54, 1.807) is 0 Å². The second-order valence-electron chi connectivity index (χ2n) is 7.86. The Kier molecular flexibility index (Phi) is 6.63. The number of benzene rings is 1. The van der Waals surface area contributed by atoms with Gasteiger partial charge in [-0.15, -0.1) is 0 Å². The molecule has 8 heteroatoms. The van der Waals surface area contributed by atoms with E-state index < -0.39 is 9.84 Å². The molecule has 0 unspecified atom stereocenters. The molecule has 0 N–H and O–H groups in total. The van der Waals surface area contributed by atoms with Crippen molar-refractivity contribution in [3.8, 4) is 0 Å². The number of amidine groups is 1. The molecule has 1 aromatic carbocycles. The molecular weight excluding hydrogens is 406 g/mol. The van der Waals surface area contributed by atoms with Crippen LogP contribution in [0.2, 0.25) is 0 Å². The number of sulfone groups is 1. The second-order valence-corrected chi connectivity index (χ2v) is 11.2. The first kappa shape index (κ1) is 22.2. The molecule has 0 bridgehead atoms. The Hall–Kier alpha value is -1.54. The second kappa shape index (κ2) is 8.68. The van der Waals surface area contributed by atoms with Crippen molar-refractivity contribution < 1.29 is 13.2 Å². The number of amides is 1. The van der Waals surface area contributed by atoms with Crippen molar-refractivity contribution in [1.29, 1.82) is 0 Å². The normalized spacial score (nSPS) is 25.3. The fourth-order valence-corrected chi connectivity index (χ4v) is 7.83. The lowest BCUT2D eigenvalue weighted by Gasteiger charge is -2.28. The van der Waals surface area contributed by atoms with Gasteiger partial charge in [-0.3, -0.25) is 4.79 Å². The maximum absolute atomic E-state index is 12.5. The number of thioether (sulfide) groups is 1. The SMILES string of the molecule is CC[C@@H](C)C(=O)N=C1S[C@H]2CS(=O)(=O)C[C@@H]2N1c1ccc(N(CC)CC)cc1C. The summed E-state index contributed by atoms with van der Waals surface area (Å²) < 4.78 is 24.5. The third-order valence-corrected chi connectivity index (χ3v) is 9.08. The minimum Gasteiger partial charge on any atom is -0.372 e. The van der Waals surface area contributed by atoms with Gasteiger partial charge in [-0.2, -0.15) is 4.99 Å². The highest BCUT2D eigenvalue weighted by atomic mass is 32.2. The average molecular weight is 438 g/mol. The van der Waals surface area contributed by atoms with E-state index >= 15 is 0 Å². The van der Waals surface area contributed by atoms with Crippen LogP contribution in [0.3, 0.4) is 0 Å². The van der Waals surface area contributed by atoms with Crippen molar-refractivity contribution in [3.05, 3.63) is 23.8 Å². The molecule has 1 aromatic rings. The van der Waals surface area contributed by atoms with Crippen molar-refractivity contribution in [2.24, 2.45) is 10.9 Å². The fraction of sp³-hybridized carbons (Fsp3) is 0.619. The summed E-state index contributed by atoms with van der Waals surface area (Å²) >= 11 is 1.44. The highest BCUT2D eigenvalue weighted by molar-refractivity contribution is 8.16. The molecule has 2 aliphatic rings. The molecule has 2 heterocycles. The highest BCUT2D eigenvalue weighted by Gasteiger charge is 2.49.